The Balaban J connectivity index is 1.28. The Morgan fingerprint density at radius 1 is 0.844 bits per heavy atom. The second kappa shape index (κ2) is 10.3. The fourth-order valence-corrected chi connectivity index (χ4v) is 5.35. The lowest BCUT2D eigenvalue weighted by Gasteiger charge is -2.41. The van der Waals surface area contributed by atoms with E-state index >= 15 is 0 Å². The monoisotopic (exact) mass is 438 g/mol. The number of carbonyl (C=O) groups is 2. The van der Waals surface area contributed by atoms with Crippen LogP contribution in [0.1, 0.15) is 79.0 Å². The van der Waals surface area contributed by atoms with Crippen molar-refractivity contribution < 1.29 is 23.5 Å². The van der Waals surface area contributed by atoms with Crippen LogP contribution in [-0.2, 0) is 4.74 Å². The van der Waals surface area contributed by atoms with Crippen LogP contribution in [0, 0.1) is 23.6 Å². The molecule has 0 heterocycles. The Bertz CT molecular complexity index is 922. The average molecular weight is 439 g/mol. The van der Waals surface area contributed by atoms with Gasteiger partial charge in [-0.05, 0) is 98.4 Å². The van der Waals surface area contributed by atoms with Gasteiger partial charge in [-0.25, -0.2) is 14.0 Å². The van der Waals surface area contributed by atoms with Crippen LogP contribution in [-0.4, -0.2) is 18.0 Å². The van der Waals surface area contributed by atoms with Gasteiger partial charge >= 0.3 is 11.9 Å². The Labute approximate surface area is 189 Å². The van der Waals surface area contributed by atoms with Gasteiger partial charge in [-0.1, -0.05) is 26.2 Å². The van der Waals surface area contributed by atoms with E-state index in [2.05, 4.69) is 6.92 Å². The van der Waals surface area contributed by atoms with Crippen LogP contribution in [0.15, 0.2) is 48.5 Å². The van der Waals surface area contributed by atoms with E-state index in [4.69, 9.17) is 9.47 Å². The minimum atomic E-state index is -0.578. The molecule has 32 heavy (non-hydrogen) atoms. The largest absolute Gasteiger partial charge is 0.459 e. The SMILES string of the molecule is CCC[C@H]1CC[C@H]2C[C@H](OC(=O)c3ccc(OC(=O)c4ccc(F)cc4)cc3)CC[C@@H]2C1. The molecule has 4 rings (SSSR count). The number of hydrogen-bond acceptors (Lipinski definition) is 4. The molecule has 0 spiro atoms. The summed E-state index contributed by atoms with van der Waals surface area (Å²) >= 11 is 0. The zero-order valence-electron chi connectivity index (χ0n) is 18.6. The summed E-state index contributed by atoms with van der Waals surface area (Å²) in [5, 5.41) is 0. The molecule has 0 amide bonds. The zero-order valence-corrected chi connectivity index (χ0v) is 18.6. The van der Waals surface area contributed by atoms with Crippen LogP contribution >= 0.6 is 0 Å². The van der Waals surface area contributed by atoms with E-state index in [-0.39, 0.29) is 17.6 Å². The molecule has 170 valence electrons. The third-order valence-corrected chi connectivity index (χ3v) is 7.02. The molecule has 0 N–H and O–H groups in total. The Morgan fingerprint density at radius 2 is 1.47 bits per heavy atom. The van der Waals surface area contributed by atoms with Gasteiger partial charge in [-0.3, -0.25) is 0 Å². The molecule has 2 aromatic rings. The van der Waals surface area contributed by atoms with E-state index in [9.17, 15) is 14.0 Å². The maximum absolute atomic E-state index is 13.0. The number of halogens is 1. The van der Waals surface area contributed by atoms with Gasteiger partial charge in [-0.15, -0.1) is 0 Å². The van der Waals surface area contributed by atoms with Crippen LogP contribution in [0.3, 0.4) is 0 Å². The minimum Gasteiger partial charge on any atom is -0.459 e. The van der Waals surface area contributed by atoms with Gasteiger partial charge in [0, 0.05) is 0 Å². The van der Waals surface area contributed by atoms with E-state index in [0.29, 0.717) is 17.2 Å². The number of rotatable bonds is 6. The molecule has 2 aliphatic rings. The highest BCUT2D eigenvalue weighted by Gasteiger charge is 2.36. The molecule has 2 saturated carbocycles. The first kappa shape index (κ1) is 22.5. The molecule has 2 aliphatic carbocycles. The van der Waals surface area contributed by atoms with Gasteiger partial charge in [-0.2, -0.15) is 0 Å². The van der Waals surface area contributed by atoms with Gasteiger partial charge in [0.25, 0.3) is 0 Å². The third-order valence-electron chi connectivity index (χ3n) is 7.02. The molecule has 0 radical (unpaired) electrons. The minimum absolute atomic E-state index is 0.0116. The van der Waals surface area contributed by atoms with Crippen LogP contribution in [0.5, 0.6) is 5.75 Å². The molecule has 0 aromatic heterocycles. The topological polar surface area (TPSA) is 52.6 Å². The molecular weight excluding hydrogens is 407 g/mol. The molecule has 0 saturated heterocycles. The number of ether oxygens (including phenoxy) is 2. The molecule has 4 nitrogen and oxygen atoms in total. The summed E-state index contributed by atoms with van der Waals surface area (Å²) in [7, 11) is 0. The van der Waals surface area contributed by atoms with Gasteiger partial charge < -0.3 is 9.47 Å². The van der Waals surface area contributed by atoms with Crippen LogP contribution in [0.2, 0.25) is 0 Å². The summed E-state index contributed by atoms with van der Waals surface area (Å²) in [6, 6.07) is 11.5. The lowest BCUT2D eigenvalue weighted by molar-refractivity contribution is -0.00620. The number of hydrogen-bond donors (Lipinski definition) is 0. The fourth-order valence-electron chi connectivity index (χ4n) is 5.35. The van der Waals surface area contributed by atoms with Gasteiger partial charge in [0.1, 0.15) is 17.7 Å². The average Bonchev–Trinajstić information content (AvgIpc) is 2.80. The van der Waals surface area contributed by atoms with E-state index in [1.807, 2.05) is 0 Å². The van der Waals surface area contributed by atoms with E-state index in [1.54, 1.807) is 24.3 Å². The maximum atomic E-state index is 13.0. The standard InChI is InChI=1S/C27H31FO4/c1-2-3-18-4-5-22-17-25(15-10-21(22)16-18)32-27(30)20-8-13-24(14-9-20)31-26(29)19-6-11-23(28)12-7-19/h6-9,11-14,18,21-22,25H,2-5,10,15-17H2,1H3/t18-,21+,22-,25+/m0/s1. The summed E-state index contributed by atoms with van der Waals surface area (Å²) in [5.41, 5.74) is 0.703. The number of esters is 2. The van der Waals surface area contributed by atoms with Crippen molar-refractivity contribution >= 4 is 11.9 Å². The van der Waals surface area contributed by atoms with E-state index < -0.39 is 11.8 Å². The van der Waals surface area contributed by atoms with Crippen molar-refractivity contribution in [3.63, 3.8) is 0 Å². The van der Waals surface area contributed by atoms with Crippen molar-refractivity contribution in [2.45, 2.75) is 64.4 Å². The lowest BCUT2D eigenvalue weighted by Crippen LogP contribution is -2.35. The van der Waals surface area contributed by atoms with Gasteiger partial charge in [0.05, 0.1) is 11.1 Å². The smallest absolute Gasteiger partial charge is 0.343 e. The van der Waals surface area contributed by atoms with Crippen molar-refractivity contribution in [3.8, 4) is 5.75 Å². The Kier molecular flexibility index (Phi) is 7.23. The summed E-state index contributed by atoms with van der Waals surface area (Å²) in [6.45, 7) is 2.27. The van der Waals surface area contributed by atoms with Crippen LogP contribution < -0.4 is 4.74 Å². The van der Waals surface area contributed by atoms with Crippen LogP contribution in [0.25, 0.3) is 0 Å². The molecule has 4 atom stereocenters. The third kappa shape index (κ3) is 5.56. The highest BCUT2D eigenvalue weighted by Crippen LogP contribution is 2.44. The molecule has 5 heteroatoms. The fraction of sp³-hybridized carbons (Fsp3) is 0.481. The van der Waals surface area contributed by atoms with Crippen molar-refractivity contribution in [1.82, 2.24) is 0 Å². The number of carbonyl (C=O) groups excluding carboxylic acids is 2. The van der Waals surface area contributed by atoms with E-state index in [1.165, 1.54) is 56.4 Å². The predicted molar refractivity (Wildman–Crippen MR) is 120 cm³/mol. The lowest BCUT2D eigenvalue weighted by atomic mass is 9.66. The predicted octanol–water partition coefficient (Wildman–Crippen LogP) is 6.59. The first-order valence-corrected chi connectivity index (χ1v) is 11.8. The molecule has 2 aromatic carbocycles. The van der Waals surface area contributed by atoms with Crippen molar-refractivity contribution in [2.24, 2.45) is 17.8 Å². The molecule has 0 unspecified atom stereocenters. The summed E-state index contributed by atoms with van der Waals surface area (Å²) in [6.07, 6.45) is 9.59. The molecular formula is C27H31FO4. The Hall–Kier alpha value is -2.69. The van der Waals surface area contributed by atoms with Crippen LogP contribution in [0.4, 0.5) is 4.39 Å². The maximum Gasteiger partial charge on any atom is 0.343 e. The van der Waals surface area contributed by atoms with Gasteiger partial charge in [0.15, 0.2) is 0 Å². The summed E-state index contributed by atoms with van der Waals surface area (Å²) < 4.78 is 24.1. The second-order valence-corrected chi connectivity index (χ2v) is 9.25. The number of fused-ring (bicyclic) bond motifs is 1. The number of benzene rings is 2. The molecule has 0 bridgehead atoms. The summed E-state index contributed by atoms with van der Waals surface area (Å²) in [4.78, 5) is 24.8. The second-order valence-electron chi connectivity index (χ2n) is 9.25. The molecule has 0 aliphatic heterocycles. The molecule has 2 fully saturated rings. The Morgan fingerprint density at radius 3 is 2.19 bits per heavy atom. The van der Waals surface area contributed by atoms with Crippen molar-refractivity contribution in [2.75, 3.05) is 0 Å². The van der Waals surface area contributed by atoms with Crippen molar-refractivity contribution in [3.05, 3.63) is 65.5 Å². The first-order chi connectivity index (χ1) is 15.5. The highest BCUT2D eigenvalue weighted by atomic mass is 19.1. The van der Waals surface area contributed by atoms with Crippen molar-refractivity contribution in [1.29, 1.82) is 0 Å². The highest BCUT2D eigenvalue weighted by molar-refractivity contribution is 5.92. The quantitative estimate of drug-likeness (QED) is 0.377. The summed E-state index contributed by atoms with van der Waals surface area (Å²) in [5.74, 6) is 1.36. The van der Waals surface area contributed by atoms with Gasteiger partial charge in [0.2, 0.25) is 0 Å². The first-order valence-electron chi connectivity index (χ1n) is 11.8. The van der Waals surface area contributed by atoms with E-state index in [0.717, 1.165) is 31.1 Å². The zero-order chi connectivity index (χ0) is 22.5. The normalized spacial score (nSPS) is 24.9.